The summed E-state index contributed by atoms with van der Waals surface area (Å²) in [5.74, 6) is 1.48. The van der Waals surface area contributed by atoms with Crippen molar-refractivity contribution in [1.82, 2.24) is 19.7 Å². The average Bonchev–Trinajstić information content (AvgIpc) is 3.63. The van der Waals surface area contributed by atoms with Gasteiger partial charge in [0.05, 0.1) is 12.9 Å². The fourth-order valence-electron chi connectivity index (χ4n) is 4.47. The number of nitrogens with zero attached hydrogens (tertiary/aromatic N) is 4. The number of carbonyl (C=O) groups is 1. The van der Waals surface area contributed by atoms with E-state index in [1.165, 1.54) is 39.4 Å². The van der Waals surface area contributed by atoms with Crippen LogP contribution in [-0.4, -0.2) is 38.5 Å². The van der Waals surface area contributed by atoms with Crippen LogP contribution in [0.15, 0.2) is 108 Å². The number of methoxy groups -OCH3 is 1. The summed E-state index contributed by atoms with van der Waals surface area (Å²) in [4.78, 5) is 18.4. The second kappa shape index (κ2) is 11.7. The summed E-state index contributed by atoms with van der Waals surface area (Å²) < 4.78 is 7.26. The minimum Gasteiger partial charge on any atom is -0.497 e. The molecule has 6 aromatic rings. The summed E-state index contributed by atoms with van der Waals surface area (Å²) in [6, 6.07) is 32.2. The van der Waals surface area contributed by atoms with E-state index in [9.17, 15) is 4.79 Å². The largest absolute Gasteiger partial charge is 0.497 e. The highest BCUT2D eigenvalue weighted by atomic mass is 32.2. The number of aromatic nitrogens is 4. The Kier molecular flexibility index (Phi) is 7.56. The van der Waals surface area contributed by atoms with Crippen LogP contribution in [0.1, 0.15) is 10.4 Å². The molecule has 7 nitrogen and oxygen atoms in total. The van der Waals surface area contributed by atoms with Gasteiger partial charge in [0.15, 0.2) is 16.1 Å². The van der Waals surface area contributed by atoms with Gasteiger partial charge in [-0.3, -0.25) is 9.36 Å². The van der Waals surface area contributed by atoms with E-state index in [0.29, 0.717) is 16.1 Å². The van der Waals surface area contributed by atoms with Crippen molar-refractivity contribution in [3.8, 4) is 22.8 Å². The number of benzene rings is 4. The van der Waals surface area contributed by atoms with Crippen LogP contribution in [0.5, 0.6) is 5.75 Å². The number of nitrogens with one attached hydrogen (secondary N) is 1. The van der Waals surface area contributed by atoms with E-state index in [-0.39, 0.29) is 11.7 Å². The van der Waals surface area contributed by atoms with Gasteiger partial charge in [-0.1, -0.05) is 72.4 Å². The number of rotatable bonds is 9. The molecule has 0 bridgehead atoms. The minimum atomic E-state index is -0.148. The monoisotopic (exact) mass is 563 g/mol. The Labute approximate surface area is 239 Å². The van der Waals surface area contributed by atoms with Gasteiger partial charge in [0.1, 0.15) is 5.75 Å². The number of anilines is 1. The molecule has 0 aliphatic heterocycles. The highest BCUT2D eigenvalue weighted by molar-refractivity contribution is 7.99. The fraction of sp³-hybridized carbons (Fsp3) is 0.0968. The molecule has 1 N–H and O–H groups in total. The molecule has 0 fully saturated rings. The maximum absolute atomic E-state index is 12.9. The summed E-state index contributed by atoms with van der Waals surface area (Å²) in [5.41, 5.74) is 3.05. The van der Waals surface area contributed by atoms with Crippen LogP contribution in [0.25, 0.3) is 27.8 Å². The van der Waals surface area contributed by atoms with Crippen LogP contribution >= 0.6 is 23.1 Å². The molecular weight excluding hydrogens is 539 g/mol. The van der Waals surface area contributed by atoms with E-state index in [2.05, 4.69) is 56.9 Å². The highest BCUT2D eigenvalue weighted by Gasteiger charge is 2.18. The number of amides is 1. The Morgan fingerprint density at radius 2 is 1.70 bits per heavy atom. The number of fused-ring (bicyclic) bond motifs is 1. The second-order valence-corrected chi connectivity index (χ2v) is 11.0. The van der Waals surface area contributed by atoms with Crippen molar-refractivity contribution in [2.45, 2.75) is 11.6 Å². The molecule has 198 valence electrons. The predicted octanol–water partition coefficient (Wildman–Crippen LogP) is 6.87. The maximum Gasteiger partial charge on any atom is 0.236 e. The van der Waals surface area contributed by atoms with Crippen molar-refractivity contribution in [2.24, 2.45) is 0 Å². The lowest BCUT2D eigenvalue weighted by atomic mass is 10.0. The van der Waals surface area contributed by atoms with Crippen molar-refractivity contribution in [3.05, 3.63) is 114 Å². The SMILES string of the molecule is COc1ccc(-c2nnc(SCC(=O)Nc3ncc(Cc4cccc5ccccc45)s3)n2-c2ccccc2)cc1. The van der Waals surface area contributed by atoms with Gasteiger partial charge < -0.3 is 10.1 Å². The molecule has 4 aromatic carbocycles. The Morgan fingerprint density at radius 3 is 2.52 bits per heavy atom. The summed E-state index contributed by atoms with van der Waals surface area (Å²) in [6.07, 6.45) is 2.60. The highest BCUT2D eigenvalue weighted by Crippen LogP contribution is 2.30. The van der Waals surface area contributed by atoms with Crippen molar-refractivity contribution in [3.63, 3.8) is 0 Å². The zero-order chi connectivity index (χ0) is 27.3. The van der Waals surface area contributed by atoms with Gasteiger partial charge in [-0.2, -0.15) is 0 Å². The Morgan fingerprint density at radius 1 is 0.925 bits per heavy atom. The van der Waals surface area contributed by atoms with E-state index in [0.717, 1.165) is 28.3 Å². The summed E-state index contributed by atoms with van der Waals surface area (Å²) >= 11 is 2.83. The molecule has 2 aromatic heterocycles. The molecule has 2 heterocycles. The third-order valence-electron chi connectivity index (χ3n) is 6.37. The Balaban J connectivity index is 1.15. The minimum absolute atomic E-state index is 0.148. The van der Waals surface area contributed by atoms with E-state index in [4.69, 9.17) is 4.74 Å². The quantitative estimate of drug-likeness (QED) is 0.193. The van der Waals surface area contributed by atoms with Crippen molar-refractivity contribution < 1.29 is 9.53 Å². The lowest BCUT2D eigenvalue weighted by molar-refractivity contribution is -0.113. The standard InChI is InChI=1S/C31H25N5O2S2/c1-38-25-16-14-22(15-17-25)29-34-35-31(36(29)24-11-3-2-4-12-24)39-20-28(37)33-30-32-19-26(40-30)18-23-10-7-9-21-8-5-6-13-27(21)23/h2-17,19H,18,20H2,1H3,(H,32,33,37). The van der Waals surface area contributed by atoms with Crippen LogP contribution in [0.3, 0.4) is 0 Å². The first-order valence-corrected chi connectivity index (χ1v) is 14.5. The molecule has 0 radical (unpaired) electrons. The molecule has 0 saturated heterocycles. The first kappa shape index (κ1) is 25.8. The third kappa shape index (κ3) is 5.61. The molecule has 0 spiro atoms. The van der Waals surface area contributed by atoms with Gasteiger partial charge >= 0.3 is 0 Å². The lowest BCUT2D eigenvalue weighted by Crippen LogP contribution is -2.14. The molecule has 9 heteroatoms. The summed E-state index contributed by atoms with van der Waals surface area (Å²) in [5, 5.41) is 15.5. The number of hydrogen-bond donors (Lipinski definition) is 1. The Bertz CT molecular complexity index is 1760. The molecule has 0 unspecified atom stereocenters. The van der Waals surface area contributed by atoms with Crippen molar-refractivity contribution in [2.75, 3.05) is 18.2 Å². The number of thioether (sulfide) groups is 1. The second-order valence-electron chi connectivity index (χ2n) is 8.99. The molecule has 0 aliphatic rings. The van der Waals surface area contributed by atoms with E-state index in [1.807, 2.05) is 71.4 Å². The number of carbonyl (C=O) groups excluding carboxylic acids is 1. The molecule has 0 atom stereocenters. The lowest BCUT2D eigenvalue weighted by Gasteiger charge is -2.10. The van der Waals surface area contributed by atoms with Crippen LogP contribution in [0.4, 0.5) is 5.13 Å². The molecule has 1 amide bonds. The normalized spacial score (nSPS) is 11.0. The van der Waals surface area contributed by atoms with Gasteiger partial charge in [0.25, 0.3) is 0 Å². The topological polar surface area (TPSA) is 81.9 Å². The first-order chi connectivity index (χ1) is 19.7. The number of para-hydroxylation sites is 1. The smallest absolute Gasteiger partial charge is 0.236 e. The maximum atomic E-state index is 12.9. The zero-order valence-electron chi connectivity index (χ0n) is 21.7. The molecular formula is C31H25N5O2S2. The van der Waals surface area contributed by atoms with Gasteiger partial charge in [0.2, 0.25) is 5.91 Å². The molecule has 40 heavy (non-hydrogen) atoms. The van der Waals surface area contributed by atoms with Crippen LogP contribution < -0.4 is 10.1 Å². The molecule has 0 aliphatic carbocycles. The van der Waals surface area contributed by atoms with Crippen LogP contribution in [-0.2, 0) is 11.2 Å². The van der Waals surface area contributed by atoms with Crippen LogP contribution in [0.2, 0.25) is 0 Å². The van der Waals surface area contributed by atoms with Crippen molar-refractivity contribution in [1.29, 1.82) is 0 Å². The van der Waals surface area contributed by atoms with E-state index in [1.54, 1.807) is 7.11 Å². The molecule has 0 saturated carbocycles. The van der Waals surface area contributed by atoms with E-state index < -0.39 is 0 Å². The number of ether oxygens (including phenoxy) is 1. The van der Waals surface area contributed by atoms with Gasteiger partial charge in [-0.15, -0.1) is 21.5 Å². The first-order valence-electron chi connectivity index (χ1n) is 12.7. The van der Waals surface area contributed by atoms with Crippen molar-refractivity contribution >= 4 is 44.9 Å². The predicted molar refractivity (Wildman–Crippen MR) is 162 cm³/mol. The number of hydrogen-bond acceptors (Lipinski definition) is 7. The average molecular weight is 564 g/mol. The number of thiazole rings is 1. The van der Waals surface area contributed by atoms with Gasteiger partial charge in [-0.25, -0.2) is 4.98 Å². The fourth-order valence-corrected chi connectivity index (χ4v) is 6.07. The Hall–Kier alpha value is -4.47. The zero-order valence-corrected chi connectivity index (χ0v) is 23.3. The summed E-state index contributed by atoms with van der Waals surface area (Å²) in [7, 11) is 1.64. The van der Waals surface area contributed by atoms with Gasteiger partial charge in [-0.05, 0) is 52.7 Å². The van der Waals surface area contributed by atoms with Crippen LogP contribution in [0, 0.1) is 0 Å². The van der Waals surface area contributed by atoms with Gasteiger partial charge in [0, 0.05) is 28.7 Å². The molecule has 6 rings (SSSR count). The summed E-state index contributed by atoms with van der Waals surface area (Å²) in [6.45, 7) is 0. The third-order valence-corrected chi connectivity index (χ3v) is 8.21. The van der Waals surface area contributed by atoms with E-state index >= 15 is 0 Å².